The van der Waals surface area contributed by atoms with E-state index < -0.39 is 5.97 Å². The number of nitrogens with one attached hydrogen (secondary N) is 1. The van der Waals surface area contributed by atoms with Gasteiger partial charge in [-0.25, -0.2) is 0 Å². The van der Waals surface area contributed by atoms with Gasteiger partial charge in [0.1, 0.15) is 6.04 Å². The highest BCUT2D eigenvalue weighted by atomic mass is 79.9. The third-order valence-corrected chi connectivity index (χ3v) is 3.74. The van der Waals surface area contributed by atoms with Gasteiger partial charge in [0, 0.05) is 10.5 Å². The summed E-state index contributed by atoms with van der Waals surface area (Å²) in [6.45, 7) is 0. The van der Waals surface area contributed by atoms with Crippen LogP contribution in [0.3, 0.4) is 0 Å². The normalized spacial score (nSPS) is 24.6. The van der Waals surface area contributed by atoms with Crippen LogP contribution >= 0.6 is 15.9 Å². The van der Waals surface area contributed by atoms with Gasteiger partial charge in [0.05, 0.1) is 0 Å². The highest BCUT2D eigenvalue weighted by molar-refractivity contribution is 9.10. The lowest BCUT2D eigenvalue weighted by Gasteiger charge is -2.12. The number of carboxylic acids is 1. The van der Waals surface area contributed by atoms with Crippen LogP contribution in [0.25, 0.3) is 0 Å². The summed E-state index contributed by atoms with van der Waals surface area (Å²) in [5, 5.41) is 12.0. The molecule has 16 heavy (non-hydrogen) atoms. The molecule has 1 aromatic carbocycles. The first-order chi connectivity index (χ1) is 7.66. The molecule has 86 valence electrons. The van der Waals surface area contributed by atoms with Gasteiger partial charge in [-0.05, 0) is 30.9 Å². The molecular weight excluding hydrogens is 270 g/mol. The molecule has 1 aromatic rings. The van der Waals surface area contributed by atoms with Gasteiger partial charge in [0.2, 0.25) is 0 Å². The fourth-order valence-electron chi connectivity index (χ4n) is 2.10. The Morgan fingerprint density at radius 2 is 2.19 bits per heavy atom. The van der Waals surface area contributed by atoms with Gasteiger partial charge < -0.3 is 10.4 Å². The monoisotopic (exact) mass is 283 g/mol. The molecule has 0 aromatic heterocycles. The summed E-state index contributed by atoms with van der Waals surface area (Å²) in [4.78, 5) is 10.8. The fourth-order valence-corrected chi connectivity index (χ4v) is 2.55. The van der Waals surface area contributed by atoms with Gasteiger partial charge in [0.25, 0.3) is 0 Å². The number of carboxylic acid groups (broad SMARTS) is 1. The molecular formula is C12H14BrNO2. The Morgan fingerprint density at radius 3 is 2.81 bits per heavy atom. The number of halogens is 1. The minimum Gasteiger partial charge on any atom is -0.480 e. The molecule has 3 nitrogen and oxygen atoms in total. The summed E-state index contributed by atoms with van der Waals surface area (Å²) in [5.41, 5.74) is 1.23. The van der Waals surface area contributed by atoms with Crippen molar-refractivity contribution in [2.24, 2.45) is 0 Å². The van der Waals surface area contributed by atoms with Crippen molar-refractivity contribution in [1.29, 1.82) is 0 Å². The number of benzene rings is 1. The largest absolute Gasteiger partial charge is 0.480 e. The van der Waals surface area contributed by atoms with E-state index in [9.17, 15) is 4.79 Å². The van der Waals surface area contributed by atoms with Gasteiger partial charge in [-0.2, -0.15) is 0 Å². The highest BCUT2D eigenvalue weighted by Crippen LogP contribution is 2.22. The molecule has 1 fully saturated rings. The first-order valence-electron chi connectivity index (χ1n) is 5.39. The topological polar surface area (TPSA) is 49.3 Å². The van der Waals surface area contributed by atoms with Crippen LogP contribution in [0.1, 0.15) is 18.4 Å². The van der Waals surface area contributed by atoms with Gasteiger partial charge in [0.15, 0.2) is 0 Å². The van der Waals surface area contributed by atoms with Gasteiger partial charge in [-0.1, -0.05) is 34.1 Å². The number of hydrogen-bond acceptors (Lipinski definition) is 2. The zero-order valence-electron chi connectivity index (χ0n) is 8.82. The van der Waals surface area contributed by atoms with Gasteiger partial charge >= 0.3 is 5.97 Å². The first kappa shape index (κ1) is 11.6. The van der Waals surface area contributed by atoms with E-state index in [0.717, 1.165) is 23.7 Å². The Balaban J connectivity index is 1.97. The Morgan fingerprint density at radius 1 is 1.44 bits per heavy atom. The molecule has 2 atom stereocenters. The zero-order chi connectivity index (χ0) is 11.5. The molecule has 1 saturated heterocycles. The molecule has 2 rings (SSSR count). The van der Waals surface area contributed by atoms with Crippen molar-refractivity contribution in [2.75, 3.05) is 0 Å². The fraction of sp³-hybridized carbons (Fsp3) is 0.417. The van der Waals surface area contributed by atoms with Crippen LogP contribution in [0.4, 0.5) is 0 Å². The SMILES string of the molecule is O=C(O)C1CCC(Cc2ccccc2Br)N1. The molecule has 2 N–H and O–H groups in total. The minimum atomic E-state index is -0.741. The Labute approximate surface area is 103 Å². The van der Waals surface area contributed by atoms with Gasteiger partial charge in [-0.15, -0.1) is 0 Å². The second kappa shape index (κ2) is 4.97. The van der Waals surface area contributed by atoms with E-state index in [4.69, 9.17) is 5.11 Å². The third-order valence-electron chi connectivity index (χ3n) is 2.96. The quantitative estimate of drug-likeness (QED) is 0.894. The predicted octanol–water partition coefficient (Wildman–Crippen LogP) is 2.20. The molecule has 0 radical (unpaired) electrons. The molecule has 0 aliphatic carbocycles. The smallest absolute Gasteiger partial charge is 0.320 e. The zero-order valence-corrected chi connectivity index (χ0v) is 10.4. The Hall–Kier alpha value is -0.870. The van der Waals surface area contributed by atoms with Crippen LogP contribution in [0, 0.1) is 0 Å². The second-order valence-electron chi connectivity index (χ2n) is 4.13. The average molecular weight is 284 g/mol. The second-order valence-corrected chi connectivity index (χ2v) is 4.98. The number of carbonyl (C=O) groups is 1. The van der Waals surface area contributed by atoms with Crippen LogP contribution in [0.2, 0.25) is 0 Å². The maximum absolute atomic E-state index is 10.8. The van der Waals surface area contributed by atoms with Crippen molar-refractivity contribution in [3.05, 3.63) is 34.3 Å². The standard InChI is InChI=1S/C12H14BrNO2/c13-10-4-2-1-3-8(10)7-9-5-6-11(14-9)12(15)16/h1-4,9,11,14H,5-7H2,(H,15,16). The number of aliphatic carboxylic acids is 1. The first-order valence-corrected chi connectivity index (χ1v) is 6.18. The van der Waals surface area contributed by atoms with Crippen molar-refractivity contribution in [1.82, 2.24) is 5.32 Å². The van der Waals surface area contributed by atoms with E-state index in [-0.39, 0.29) is 12.1 Å². The van der Waals surface area contributed by atoms with Crippen LogP contribution in [-0.4, -0.2) is 23.2 Å². The van der Waals surface area contributed by atoms with E-state index in [1.807, 2.05) is 18.2 Å². The van der Waals surface area contributed by atoms with E-state index in [1.54, 1.807) is 0 Å². The predicted molar refractivity (Wildman–Crippen MR) is 65.4 cm³/mol. The van der Waals surface area contributed by atoms with Crippen LogP contribution in [0.5, 0.6) is 0 Å². The summed E-state index contributed by atoms with van der Waals surface area (Å²) in [6, 6.07) is 7.98. The summed E-state index contributed by atoms with van der Waals surface area (Å²) in [6.07, 6.45) is 2.54. The maximum atomic E-state index is 10.8. The average Bonchev–Trinajstić information content (AvgIpc) is 2.70. The highest BCUT2D eigenvalue weighted by Gasteiger charge is 2.28. The molecule has 0 spiro atoms. The molecule has 4 heteroatoms. The summed E-state index contributed by atoms with van der Waals surface area (Å²) < 4.78 is 1.09. The minimum absolute atomic E-state index is 0.278. The summed E-state index contributed by atoms with van der Waals surface area (Å²) >= 11 is 3.50. The number of rotatable bonds is 3. The summed E-state index contributed by atoms with van der Waals surface area (Å²) in [7, 11) is 0. The lowest BCUT2D eigenvalue weighted by Crippen LogP contribution is -2.36. The summed E-state index contributed by atoms with van der Waals surface area (Å²) in [5.74, 6) is -0.741. The number of hydrogen-bond donors (Lipinski definition) is 2. The molecule has 0 bridgehead atoms. The van der Waals surface area contributed by atoms with E-state index in [2.05, 4.69) is 27.3 Å². The Bertz CT molecular complexity index is 394. The lowest BCUT2D eigenvalue weighted by molar-refractivity contribution is -0.139. The van der Waals surface area contributed by atoms with Crippen molar-refractivity contribution < 1.29 is 9.90 Å². The van der Waals surface area contributed by atoms with Crippen LogP contribution in [0.15, 0.2) is 28.7 Å². The van der Waals surface area contributed by atoms with Crippen molar-refractivity contribution in [3.63, 3.8) is 0 Å². The molecule has 2 unspecified atom stereocenters. The molecule has 0 saturated carbocycles. The van der Waals surface area contributed by atoms with Crippen LogP contribution in [-0.2, 0) is 11.2 Å². The van der Waals surface area contributed by atoms with Gasteiger partial charge in [-0.3, -0.25) is 4.79 Å². The van der Waals surface area contributed by atoms with Crippen molar-refractivity contribution in [3.8, 4) is 0 Å². The van der Waals surface area contributed by atoms with E-state index in [0.29, 0.717) is 0 Å². The van der Waals surface area contributed by atoms with Crippen LogP contribution < -0.4 is 5.32 Å². The molecule has 1 heterocycles. The van der Waals surface area contributed by atoms with E-state index >= 15 is 0 Å². The molecule has 1 aliphatic rings. The maximum Gasteiger partial charge on any atom is 0.320 e. The van der Waals surface area contributed by atoms with Crippen molar-refractivity contribution >= 4 is 21.9 Å². The van der Waals surface area contributed by atoms with E-state index in [1.165, 1.54) is 5.56 Å². The Kier molecular flexibility index (Phi) is 3.61. The lowest BCUT2D eigenvalue weighted by atomic mass is 10.0. The van der Waals surface area contributed by atoms with Crippen molar-refractivity contribution in [2.45, 2.75) is 31.3 Å². The third kappa shape index (κ3) is 2.62. The molecule has 0 amide bonds. The molecule has 1 aliphatic heterocycles.